The predicted molar refractivity (Wildman–Crippen MR) is 130 cm³/mol. The first-order valence-electron chi connectivity index (χ1n) is 10.6. The molecule has 0 radical (unpaired) electrons. The number of nitrogens with zero attached hydrogens (tertiary/aromatic N) is 1. The molecule has 1 N–H and O–H groups in total. The third-order valence-electron chi connectivity index (χ3n) is 5.64. The lowest BCUT2D eigenvalue weighted by Crippen LogP contribution is -1.96. The third-order valence-corrected chi connectivity index (χ3v) is 5.64. The third kappa shape index (κ3) is 3.50. The summed E-state index contributed by atoms with van der Waals surface area (Å²) in [7, 11) is 1.64. The second kappa shape index (κ2) is 8.23. The average Bonchev–Trinajstić information content (AvgIpc) is 2.84. The van der Waals surface area contributed by atoms with Crippen molar-refractivity contribution in [2.45, 2.75) is 6.92 Å². The summed E-state index contributed by atoms with van der Waals surface area (Å²) in [5.41, 5.74) is 4.79. The van der Waals surface area contributed by atoms with Crippen molar-refractivity contribution in [2.75, 3.05) is 13.7 Å². The highest BCUT2D eigenvalue weighted by atomic mass is 16.5. The Balaban J connectivity index is 1.79. The van der Waals surface area contributed by atoms with Crippen LogP contribution in [0.5, 0.6) is 17.2 Å². The molecule has 0 aliphatic carbocycles. The van der Waals surface area contributed by atoms with E-state index in [0.717, 1.165) is 44.1 Å². The zero-order valence-corrected chi connectivity index (χ0v) is 18.0. The van der Waals surface area contributed by atoms with Gasteiger partial charge in [-0.15, -0.1) is 0 Å². The number of phenolic OH excluding ortho intramolecular Hbond substituents is 1. The molecule has 4 heteroatoms. The number of hydrogen-bond donors (Lipinski definition) is 1. The molecule has 4 nitrogen and oxygen atoms in total. The number of rotatable bonds is 5. The van der Waals surface area contributed by atoms with Gasteiger partial charge in [-0.05, 0) is 71.3 Å². The number of phenols is 1. The van der Waals surface area contributed by atoms with Crippen LogP contribution in [0.15, 0.2) is 84.9 Å². The van der Waals surface area contributed by atoms with Gasteiger partial charge < -0.3 is 14.6 Å². The van der Waals surface area contributed by atoms with Crippen LogP contribution in [0.1, 0.15) is 6.92 Å². The summed E-state index contributed by atoms with van der Waals surface area (Å²) in [5, 5.41) is 13.2. The lowest BCUT2D eigenvalue weighted by Gasteiger charge is -2.14. The van der Waals surface area contributed by atoms with Crippen molar-refractivity contribution < 1.29 is 14.6 Å². The van der Waals surface area contributed by atoms with Crippen LogP contribution in [0, 0.1) is 0 Å². The van der Waals surface area contributed by atoms with E-state index in [2.05, 4.69) is 30.3 Å². The first kappa shape index (κ1) is 19.9. The highest BCUT2D eigenvalue weighted by Crippen LogP contribution is 2.38. The molecule has 5 aromatic rings. The lowest BCUT2D eigenvalue weighted by molar-refractivity contribution is 0.311. The van der Waals surface area contributed by atoms with E-state index in [1.807, 2.05) is 49.4 Å². The van der Waals surface area contributed by atoms with Gasteiger partial charge in [-0.3, -0.25) is 0 Å². The Morgan fingerprint density at radius 2 is 1.59 bits per heavy atom. The SMILES string of the molecule is CCOc1ccc(-c2cc(-c3ccc(O)cc3)c3c(ccc4ccccc43)n2)cc1OC. The summed E-state index contributed by atoms with van der Waals surface area (Å²) in [6.07, 6.45) is 0. The molecule has 32 heavy (non-hydrogen) atoms. The Labute approximate surface area is 186 Å². The second-order valence-electron chi connectivity index (χ2n) is 7.58. The maximum atomic E-state index is 9.81. The van der Waals surface area contributed by atoms with E-state index in [1.54, 1.807) is 19.2 Å². The summed E-state index contributed by atoms with van der Waals surface area (Å²) in [6, 6.07) is 27.8. The van der Waals surface area contributed by atoms with Crippen molar-refractivity contribution in [2.24, 2.45) is 0 Å². The van der Waals surface area contributed by atoms with Crippen LogP contribution in [-0.4, -0.2) is 23.8 Å². The summed E-state index contributed by atoms with van der Waals surface area (Å²) in [5.74, 6) is 1.63. The maximum absolute atomic E-state index is 9.81. The van der Waals surface area contributed by atoms with Crippen molar-refractivity contribution >= 4 is 21.7 Å². The maximum Gasteiger partial charge on any atom is 0.161 e. The molecule has 0 fully saturated rings. The molecule has 4 aromatic carbocycles. The van der Waals surface area contributed by atoms with E-state index in [0.29, 0.717) is 18.1 Å². The summed E-state index contributed by atoms with van der Waals surface area (Å²) in [4.78, 5) is 5.00. The zero-order chi connectivity index (χ0) is 22.1. The van der Waals surface area contributed by atoms with Crippen molar-refractivity contribution in [1.82, 2.24) is 4.98 Å². The predicted octanol–water partition coefficient (Wildman–Crippen LogP) is 6.83. The van der Waals surface area contributed by atoms with Crippen LogP contribution in [0.2, 0.25) is 0 Å². The number of aromatic hydroxyl groups is 1. The van der Waals surface area contributed by atoms with Crippen molar-refractivity contribution in [3.63, 3.8) is 0 Å². The minimum atomic E-state index is 0.244. The summed E-state index contributed by atoms with van der Waals surface area (Å²) >= 11 is 0. The van der Waals surface area contributed by atoms with Gasteiger partial charge in [0.15, 0.2) is 11.5 Å². The van der Waals surface area contributed by atoms with Crippen LogP contribution in [0.3, 0.4) is 0 Å². The highest BCUT2D eigenvalue weighted by molar-refractivity contribution is 6.13. The molecule has 1 heterocycles. The molecule has 0 amide bonds. The van der Waals surface area contributed by atoms with Crippen LogP contribution in [-0.2, 0) is 0 Å². The Hall–Kier alpha value is -4.05. The molecule has 0 spiro atoms. The average molecular weight is 421 g/mol. The van der Waals surface area contributed by atoms with Gasteiger partial charge in [-0.25, -0.2) is 4.98 Å². The molecule has 0 unspecified atom stereocenters. The molecule has 0 saturated carbocycles. The molecule has 0 bridgehead atoms. The van der Waals surface area contributed by atoms with E-state index in [9.17, 15) is 5.11 Å². The van der Waals surface area contributed by atoms with Crippen LogP contribution >= 0.6 is 0 Å². The van der Waals surface area contributed by atoms with Gasteiger partial charge in [0, 0.05) is 10.9 Å². The fourth-order valence-electron chi connectivity index (χ4n) is 4.13. The largest absolute Gasteiger partial charge is 0.508 e. The molecular formula is C28H23NO3. The minimum Gasteiger partial charge on any atom is -0.508 e. The normalized spacial score (nSPS) is 11.1. The topological polar surface area (TPSA) is 51.6 Å². The summed E-state index contributed by atoms with van der Waals surface area (Å²) in [6.45, 7) is 2.52. The smallest absolute Gasteiger partial charge is 0.161 e. The Kier molecular flexibility index (Phi) is 5.12. The number of hydrogen-bond acceptors (Lipinski definition) is 4. The molecule has 0 saturated heterocycles. The number of methoxy groups -OCH3 is 1. The quantitative estimate of drug-likeness (QED) is 0.316. The second-order valence-corrected chi connectivity index (χ2v) is 7.58. The zero-order valence-electron chi connectivity index (χ0n) is 18.0. The number of ether oxygens (including phenoxy) is 2. The molecule has 158 valence electrons. The van der Waals surface area contributed by atoms with Gasteiger partial charge in [0.05, 0.1) is 24.9 Å². The van der Waals surface area contributed by atoms with Gasteiger partial charge in [0.2, 0.25) is 0 Å². The number of fused-ring (bicyclic) bond motifs is 3. The Morgan fingerprint density at radius 3 is 2.38 bits per heavy atom. The van der Waals surface area contributed by atoms with Gasteiger partial charge in [0.1, 0.15) is 5.75 Å². The van der Waals surface area contributed by atoms with Gasteiger partial charge in [-0.1, -0.05) is 42.5 Å². The highest BCUT2D eigenvalue weighted by Gasteiger charge is 2.14. The molecule has 0 atom stereocenters. The van der Waals surface area contributed by atoms with Crippen LogP contribution in [0.4, 0.5) is 0 Å². The monoisotopic (exact) mass is 421 g/mol. The molecule has 1 aromatic heterocycles. The lowest BCUT2D eigenvalue weighted by atomic mass is 9.94. The van der Waals surface area contributed by atoms with Gasteiger partial charge >= 0.3 is 0 Å². The van der Waals surface area contributed by atoms with Crippen LogP contribution < -0.4 is 9.47 Å². The molecular weight excluding hydrogens is 398 g/mol. The number of benzene rings is 4. The number of pyridine rings is 1. The fraction of sp³-hybridized carbons (Fsp3) is 0.107. The first-order chi connectivity index (χ1) is 15.7. The van der Waals surface area contributed by atoms with Gasteiger partial charge in [0.25, 0.3) is 0 Å². The van der Waals surface area contributed by atoms with E-state index in [1.165, 1.54) is 0 Å². The van der Waals surface area contributed by atoms with Crippen molar-refractivity contribution in [1.29, 1.82) is 0 Å². The fourth-order valence-corrected chi connectivity index (χ4v) is 4.13. The Morgan fingerprint density at radius 1 is 0.812 bits per heavy atom. The molecule has 0 aliphatic heterocycles. The number of aromatic nitrogens is 1. The minimum absolute atomic E-state index is 0.244. The molecule has 0 aliphatic rings. The summed E-state index contributed by atoms with van der Waals surface area (Å²) < 4.78 is 11.2. The van der Waals surface area contributed by atoms with E-state index in [-0.39, 0.29) is 5.75 Å². The van der Waals surface area contributed by atoms with Crippen LogP contribution in [0.25, 0.3) is 44.1 Å². The van der Waals surface area contributed by atoms with Crippen molar-refractivity contribution in [3.05, 3.63) is 84.9 Å². The first-order valence-corrected chi connectivity index (χ1v) is 10.6. The standard InChI is InChI=1S/C28H23NO3/c1-3-32-26-15-11-20(16-27(26)31-2)25-17-23(19-8-12-21(30)13-9-19)28-22-7-5-4-6-18(22)10-14-24(28)29-25/h4-17,30H,3H2,1-2H3. The molecule has 5 rings (SSSR count). The van der Waals surface area contributed by atoms with Gasteiger partial charge in [-0.2, -0.15) is 0 Å². The van der Waals surface area contributed by atoms with E-state index < -0.39 is 0 Å². The van der Waals surface area contributed by atoms with E-state index >= 15 is 0 Å². The van der Waals surface area contributed by atoms with Crippen molar-refractivity contribution in [3.8, 4) is 39.6 Å². The Bertz CT molecular complexity index is 1420. The van der Waals surface area contributed by atoms with E-state index in [4.69, 9.17) is 14.5 Å².